The van der Waals surface area contributed by atoms with Gasteiger partial charge < -0.3 is 5.11 Å². The smallest absolute Gasteiger partial charge is 0.305 e. The Morgan fingerprint density at radius 1 is 1.27 bits per heavy atom. The molecule has 1 N–H and O–H groups in total. The number of carboxylic acid groups (broad SMARTS) is 1. The Bertz CT molecular complexity index is 961. The Morgan fingerprint density at radius 2 is 2.12 bits per heavy atom. The summed E-state index contributed by atoms with van der Waals surface area (Å²) >= 11 is 7.45. The molecule has 0 amide bonds. The highest BCUT2D eigenvalue weighted by atomic mass is 35.5. The summed E-state index contributed by atoms with van der Waals surface area (Å²) in [6.45, 7) is 0.246. The number of hydrogen-bond donors (Lipinski definition) is 1. The van der Waals surface area contributed by atoms with E-state index in [2.05, 4.69) is 5.10 Å². The number of ketones is 1. The number of allylic oxidation sites excluding steroid dienone is 1. The lowest BCUT2D eigenvalue weighted by Gasteiger charge is -2.00. The molecular weight excluding hydrogens is 372 g/mol. The maximum absolute atomic E-state index is 12.2. The van der Waals surface area contributed by atoms with Gasteiger partial charge in [-0.1, -0.05) is 29.8 Å². The fraction of sp³-hybridized carbons (Fsp3) is 0.105. The second kappa shape index (κ2) is 8.12. The van der Waals surface area contributed by atoms with Crippen LogP contribution in [0, 0.1) is 0 Å². The lowest BCUT2D eigenvalue weighted by Crippen LogP contribution is -2.04. The Kier molecular flexibility index (Phi) is 5.65. The first-order chi connectivity index (χ1) is 12.5. The van der Waals surface area contributed by atoms with Crippen LogP contribution in [0.25, 0.3) is 17.3 Å². The fourth-order valence-electron chi connectivity index (χ4n) is 2.41. The summed E-state index contributed by atoms with van der Waals surface area (Å²) in [5.41, 5.74) is 2.17. The second-order valence-corrected chi connectivity index (χ2v) is 6.91. The van der Waals surface area contributed by atoms with Crippen molar-refractivity contribution in [3.8, 4) is 11.3 Å². The molecule has 0 aliphatic carbocycles. The zero-order chi connectivity index (χ0) is 18.5. The first kappa shape index (κ1) is 18.1. The molecule has 0 aliphatic rings. The summed E-state index contributed by atoms with van der Waals surface area (Å²) in [6, 6.07) is 10.8. The molecule has 0 aliphatic heterocycles. The van der Waals surface area contributed by atoms with E-state index in [-0.39, 0.29) is 18.7 Å². The van der Waals surface area contributed by atoms with Gasteiger partial charge >= 0.3 is 5.97 Å². The molecule has 0 saturated carbocycles. The molecule has 0 spiro atoms. The van der Waals surface area contributed by atoms with Crippen molar-refractivity contribution in [3.05, 3.63) is 69.5 Å². The number of carboxylic acids is 1. The van der Waals surface area contributed by atoms with Crippen LogP contribution in [-0.2, 0) is 11.3 Å². The van der Waals surface area contributed by atoms with Gasteiger partial charge in [0.15, 0.2) is 5.78 Å². The molecule has 0 saturated heterocycles. The van der Waals surface area contributed by atoms with Crippen LogP contribution in [0.3, 0.4) is 0 Å². The van der Waals surface area contributed by atoms with Crippen LogP contribution >= 0.6 is 22.9 Å². The second-order valence-electron chi connectivity index (χ2n) is 5.53. The van der Waals surface area contributed by atoms with Crippen LogP contribution < -0.4 is 0 Å². The van der Waals surface area contributed by atoms with Gasteiger partial charge in [-0.25, -0.2) is 0 Å². The van der Waals surface area contributed by atoms with E-state index >= 15 is 0 Å². The number of hydrogen-bond acceptors (Lipinski definition) is 4. The zero-order valence-corrected chi connectivity index (χ0v) is 15.2. The molecule has 5 nitrogen and oxygen atoms in total. The molecule has 1 aromatic carbocycles. The van der Waals surface area contributed by atoms with Crippen molar-refractivity contribution in [2.75, 3.05) is 0 Å². The molecule has 3 rings (SSSR count). The predicted molar refractivity (Wildman–Crippen MR) is 103 cm³/mol. The topological polar surface area (TPSA) is 72.2 Å². The van der Waals surface area contributed by atoms with Crippen molar-refractivity contribution in [1.82, 2.24) is 9.78 Å². The van der Waals surface area contributed by atoms with Gasteiger partial charge in [-0.3, -0.25) is 14.3 Å². The molecule has 132 valence electrons. The van der Waals surface area contributed by atoms with Crippen LogP contribution in [0.2, 0.25) is 5.02 Å². The molecule has 0 fully saturated rings. The molecule has 2 aromatic heterocycles. The van der Waals surface area contributed by atoms with E-state index in [0.29, 0.717) is 15.6 Å². The van der Waals surface area contributed by atoms with Gasteiger partial charge in [0, 0.05) is 22.3 Å². The third-order valence-corrected chi connectivity index (χ3v) is 4.74. The monoisotopic (exact) mass is 386 g/mol. The largest absolute Gasteiger partial charge is 0.481 e. The van der Waals surface area contributed by atoms with Gasteiger partial charge in [-0.2, -0.15) is 5.10 Å². The van der Waals surface area contributed by atoms with Crippen molar-refractivity contribution < 1.29 is 14.7 Å². The third-order valence-electron chi connectivity index (χ3n) is 3.62. The molecule has 26 heavy (non-hydrogen) atoms. The van der Waals surface area contributed by atoms with E-state index in [4.69, 9.17) is 16.7 Å². The normalized spacial score (nSPS) is 11.1. The summed E-state index contributed by atoms with van der Waals surface area (Å²) in [7, 11) is 0. The number of carbonyl (C=O) groups excluding carboxylic acids is 1. The van der Waals surface area contributed by atoms with Gasteiger partial charge in [-0.05, 0) is 35.7 Å². The highest BCUT2D eigenvalue weighted by molar-refractivity contribution is 7.12. The van der Waals surface area contributed by atoms with E-state index in [1.54, 1.807) is 35.2 Å². The Balaban J connectivity index is 1.93. The minimum Gasteiger partial charge on any atom is -0.481 e. The van der Waals surface area contributed by atoms with Crippen LogP contribution in [0.4, 0.5) is 0 Å². The first-order valence-electron chi connectivity index (χ1n) is 7.84. The number of benzene rings is 1. The van der Waals surface area contributed by atoms with E-state index in [1.165, 1.54) is 17.4 Å². The summed E-state index contributed by atoms with van der Waals surface area (Å²) in [5.74, 6) is -0.981. The average Bonchev–Trinajstić information content (AvgIpc) is 3.28. The average molecular weight is 387 g/mol. The molecule has 0 unspecified atom stereocenters. The third kappa shape index (κ3) is 4.47. The Hall–Kier alpha value is -2.70. The minimum absolute atomic E-state index is 0.0338. The standard InChI is InChI=1S/C19H15ClN2O3S/c20-15-4-1-3-13(11-15)19-14(12-22(21-19)9-8-18(24)25)6-7-16(23)17-5-2-10-26-17/h1-7,10-12H,8-9H2,(H,24,25). The summed E-state index contributed by atoms with van der Waals surface area (Å²) in [4.78, 5) is 23.7. The van der Waals surface area contributed by atoms with Gasteiger partial charge in [0.05, 0.1) is 23.5 Å². The number of thiophene rings is 1. The van der Waals surface area contributed by atoms with Crippen LogP contribution in [-0.4, -0.2) is 26.6 Å². The number of aliphatic carboxylic acids is 1. The van der Waals surface area contributed by atoms with E-state index in [1.807, 2.05) is 23.6 Å². The van der Waals surface area contributed by atoms with Crippen molar-refractivity contribution in [2.45, 2.75) is 13.0 Å². The summed E-state index contributed by atoms with van der Waals surface area (Å²) < 4.78 is 1.57. The van der Waals surface area contributed by atoms with Crippen molar-refractivity contribution in [3.63, 3.8) is 0 Å². The van der Waals surface area contributed by atoms with Crippen molar-refractivity contribution in [2.24, 2.45) is 0 Å². The first-order valence-corrected chi connectivity index (χ1v) is 9.10. The number of halogens is 1. The van der Waals surface area contributed by atoms with Crippen LogP contribution in [0.5, 0.6) is 0 Å². The lowest BCUT2D eigenvalue weighted by atomic mass is 10.1. The number of nitrogens with zero attached hydrogens (tertiary/aromatic N) is 2. The molecule has 0 atom stereocenters. The number of carbonyl (C=O) groups is 2. The van der Waals surface area contributed by atoms with Crippen LogP contribution in [0.15, 0.2) is 54.1 Å². The van der Waals surface area contributed by atoms with Crippen molar-refractivity contribution >= 4 is 40.8 Å². The number of rotatable bonds is 7. The molecule has 0 bridgehead atoms. The van der Waals surface area contributed by atoms with Crippen molar-refractivity contribution in [1.29, 1.82) is 0 Å². The van der Waals surface area contributed by atoms with Gasteiger partial charge in [0.1, 0.15) is 0 Å². The fourth-order valence-corrected chi connectivity index (χ4v) is 3.25. The Labute approximate surface area is 159 Å². The predicted octanol–water partition coefficient (Wildman–Crippen LogP) is 4.64. The van der Waals surface area contributed by atoms with Gasteiger partial charge in [-0.15, -0.1) is 11.3 Å². The summed E-state index contributed by atoms with van der Waals surface area (Å²) in [5, 5.41) is 15.8. The molecular formula is C19H15ClN2O3S. The number of aromatic nitrogens is 2. The molecule has 3 aromatic rings. The van der Waals surface area contributed by atoms with Gasteiger partial charge in [0.25, 0.3) is 0 Å². The van der Waals surface area contributed by atoms with E-state index in [9.17, 15) is 9.59 Å². The number of aryl methyl sites for hydroxylation is 1. The SMILES string of the molecule is O=C(O)CCn1cc(C=CC(=O)c2cccs2)c(-c2cccc(Cl)c2)n1. The Morgan fingerprint density at radius 3 is 2.81 bits per heavy atom. The highest BCUT2D eigenvalue weighted by Gasteiger charge is 2.11. The maximum atomic E-state index is 12.2. The van der Waals surface area contributed by atoms with E-state index in [0.717, 1.165) is 11.1 Å². The quantitative estimate of drug-likeness (QED) is 0.474. The molecule has 0 radical (unpaired) electrons. The van der Waals surface area contributed by atoms with Crippen LogP contribution in [0.1, 0.15) is 21.7 Å². The molecule has 2 heterocycles. The lowest BCUT2D eigenvalue weighted by molar-refractivity contribution is -0.137. The zero-order valence-electron chi connectivity index (χ0n) is 13.6. The molecule has 7 heteroatoms. The maximum Gasteiger partial charge on any atom is 0.305 e. The van der Waals surface area contributed by atoms with E-state index < -0.39 is 5.97 Å². The minimum atomic E-state index is -0.894. The van der Waals surface area contributed by atoms with Gasteiger partial charge in [0.2, 0.25) is 0 Å². The summed E-state index contributed by atoms with van der Waals surface area (Å²) in [6.07, 6.45) is 4.90. The highest BCUT2D eigenvalue weighted by Crippen LogP contribution is 2.26.